The highest BCUT2D eigenvalue weighted by Gasteiger charge is 2.35. The van der Waals surface area contributed by atoms with Gasteiger partial charge in [-0.25, -0.2) is 13.1 Å². The lowest BCUT2D eigenvalue weighted by Crippen LogP contribution is -2.28. The molecular weight excluding hydrogens is 413 g/mol. The summed E-state index contributed by atoms with van der Waals surface area (Å²) in [7, 11) is -4.18. The van der Waals surface area contributed by atoms with E-state index in [2.05, 4.69) is 30.4 Å². The van der Waals surface area contributed by atoms with E-state index in [4.69, 9.17) is 0 Å². The van der Waals surface area contributed by atoms with Gasteiger partial charge in [-0.15, -0.1) is 13.2 Å². The van der Waals surface area contributed by atoms with Crippen molar-refractivity contribution < 1.29 is 26.3 Å². The van der Waals surface area contributed by atoms with Gasteiger partial charge in [0.1, 0.15) is 4.90 Å². The van der Waals surface area contributed by atoms with Crippen molar-refractivity contribution in [3.63, 3.8) is 0 Å². The van der Waals surface area contributed by atoms with E-state index in [1.54, 1.807) is 24.5 Å². The summed E-state index contributed by atoms with van der Waals surface area (Å²) in [6.07, 6.45) is -1.51. The monoisotopic (exact) mass is 424 g/mol. The summed E-state index contributed by atoms with van der Waals surface area (Å²) in [4.78, 5) is 3.30. The van der Waals surface area contributed by atoms with Gasteiger partial charge in [-0.3, -0.25) is 4.98 Å². The fourth-order valence-electron chi connectivity index (χ4n) is 1.87. The quantitative estimate of drug-likeness (QED) is 0.772. The number of nitrogens with one attached hydrogen (secondary N) is 1. The first kappa shape index (κ1) is 18.7. The number of para-hydroxylation sites is 1. The van der Waals surface area contributed by atoms with Gasteiger partial charge >= 0.3 is 6.36 Å². The Hall–Kier alpha value is -1.65. The summed E-state index contributed by atoms with van der Waals surface area (Å²) in [5.41, 5.74) is 0.793. The molecule has 1 N–H and O–H groups in total. The third-order valence-corrected chi connectivity index (χ3v) is 4.98. The molecule has 0 saturated carbocycles. The largest absolute Gasteiger partial charge is 0.573 e. The number of halogens is 4. The molecule has 10 heteroatoms. The third-order valence-electron chi connectivity index (χ3n) is 2.87. The fraction of sp³-hybridized carbons (Fsp3) is 0.214. The molecule has 1 aromatic carbocycles. The van der Waals surface area contributed by atoms with Gasteiger partial charge in [0.15, 0.2) is 5.75 Å². The van der Waals surface area contributed by atoms with Crippen molar-refractivity contribution in [1.29, 1.82) is 0 Å². The van der Waals surface area contributed by atoms with Crippen LogP contribution in [0.5, 0.6) is 5.75 Å². The molecule has 0 fully saturated rings. The van der Waals surface area contributed by atoms with Crippen molar-refractivity contribution in [2.75, 3.05) is 6.54 Å². The first-order chi connectivity index (χ1) is 11.2. The molecule has 130 valence electrons. The number of alkyl halides is 3. The van der Waals surface area contributed by atoms with Gasteiger partial charge in [-0.2, -0.15) is 0 Å². The Morgan fingerprint density at radius 1 is 1.21 bits per heavy atom. The van der Waals surface area contributed by atoms with Crippen LogP contribution in [-0.4, -0.2) is 26.3 Å². The van der Waals surface area contributed by atoms with Crippen LogP contribution < -0.4 is 9.46 Å². The van der Waals surface area contributed by atoms with Crippen molar-refractivity contribution in [2.45, 2.75) is 17.7 Å². The maximum absolute atomic E-state index is 12.5. The minimum Gasteiger partial charge on any atom is -0.403 e. The van der Waals surface area contributed by atoms with Gasteiger partial charge in [0.2, 0.25) is 10.0 Å². The molecule has 1 heterocycles. The van der Waals surface area contributed by atoms with Crippen LogP contribution in [0, 0.1) is 0 Å². The minimum atomic E-state index is -5.01. The van der Waals surface area contributed by atoms with Crippen LogP contribution in [-0.2, 0) is 16.4 Å². The maximum Gasteiger partial charge on any atom is 0.573 e. The Balaban J connectivity index is 2.18. The van der Waals surface area contributed by atoms with Gasteiger partial charge in [0.05, 0.1) is 4.47 Å². The number of pyridine rings is 1. The van der Waals surface area contributed by atoms with Gasteiger partial charge in [-0.1, -0.05) is 12.1 Å². The summed E-state index contributed by atoms with van der Waals surface area (Å²) in [6.45, 7) is 0.00595. The first-order valence-electron chi connectivity index (χ1n) is 6.62. The number of benzene rings is 1. The number of hydrogen-bond acceptors (Lipinski definition) is 4. The summed E-state index contributed by atoms with van der Waals surface area (Å²) < 4.78 is 68.0. The number of nitrogens with zero attached hydrogens (tertiary/aromatic N) is 1. The third kappa shape index (κ3) is 5.18. The van der Waals surface area contributed by atoms with E-state index in [-0.39, 0.29) is 11.0 Å². The van der Waals surface area contributed by atoms with Crippen LogP contribution >= 0.6 is 15.9 Å². The van der Waals surface area contributed by atoms with Crippen LogP contribution in [0.3, 0.4) is 0 Å². The molecular formula is C14H12BrF3N2O3S. The van der Waals surface area contributed by atoms with E-state index in [1.807, 2.05) is 0 Å². The van der Waals surface area contributed by atoms with Crippen molar-refractivity contribution in [3.05, 3.63) is 52.8 Å². The second-order valence-corrected chi connectivity index (χ2v) is 7.21. The van der Waals surface area contributed by atoms with Crippen molar-refractivity contribution >= 4 is 26.0 Å². The molecule has 0 bridgehead atoms. The van der Waals surface area contributed by atoms with Crippen LogP contribution in [0.1, 0.15) is 5.56 Å². The zero-order valence-corrected chi connectivity index (χ0v) is 14.5. The van der Waals surface area contributed by atoms with Crippen LogP contribution in [0.15, 0.2) is 52.1 Å². The van der Waals surface area contributed by atoms with E-state index < -0.39 is 27.0 Å². The molecule has 1 aromatic heterocycles. The normalized spacial score (nSPS) is 12.2. The van der Waals surface area contributed by atoms with Crippen molar-refractivity contribution in [1.82, 2.24) is 9.71 Å². The lowest BCUT2D eigenvalue weighted by molar-refractivity contribution is -0.275. The number of hydrogen-bond donors (Lipinski definition) is 1. The van der Waals surface area contributed by atoms with Crippen molar-refractivity contribution in [3.8, 4) is 5.75 Å². The molecule has 0 radical (unpaired) electrons. The Bertz CT molecular complexity index is 799. The van der Waals surface area contributed by atoms with E-state index in [0.29, 0.717) is 6.42 Å². The summed E-state index contributed by atoms with van der Waals surface area (Å²) in [5.74, 6) is -0.807. The summed E-state index contributed by atoms with van der Waals surface area (Å²) >= 11 is 2.87. The second-order valence-electron chi connectivity index (χ2n) is 4.62. The topological polar surface area (TPSA) is 68.3 Å². The van der Waals surface area contributed by atoms with Gasteiger partial charge in [-0.05, 0) is 46.1 Å². The lowest BCUT2D eigenvalue weighted by atomic mass is 10.2. The molecule has 5 nitrogen and oxygen atoms in total. The van der Waals surface area contributed by atoms with E-state index >= 15 is 0 Å². The molecule has 0 aliphatic heterocycles. The molecule has 0 atom stereocenters. The highest BCUT2D eigenvalue weighted by Crippen LogP contribution is 2.36. The lowest BCUT2D eigenvalue weighted by Gasteiger charge is -2.15. The highest BCUT2D eigenvalue weighted by molar-refractivity contribution is 9.10. The van der Waals surface area contributed by atoms with Gasteiger partial charge < -0.3 is 4.74 Å². The Morgan fingerprint density at radius 2 is 1.96 bits per heavy atom. The van der Waals surface area contributed by atoms with Crippen LogP contribution in [0.25, 0.3) is 0 Å². The number of ether oxygens (including phenoxy) is 1. The minimum absolute atomic E-state index is 0.00595. The summed E-state index contributed by atoms with van der Waals surface area (Å²) in [6, 6.07) is 7.07. The van der Waals surface area contributed by atoms with E-state index in [0.717, 1.165) is 11.6 Å². The Labute approximate surface area is 145 Å². The smallest absolute Gasteiger partial charge is 0.403 e. The standard InChI is InChI=1S/C14H12BrF3N2O3S/c15-11-4-1-5-12(13(11)23-14(16,17)18)24(21,22)20-8-6-10-3-2-7-19-9-10/h1-5,7,9,20H,6,8H2. The van der Waals surface area contributed by atoms with Gasteiger partial charge in [0, 0.05) is 18.9 Å². The Morgan fingerprint density at radius 3 is 2.58 bits per heavy atom. The number of sulfonamides is 1. The molecule has 0 amide bonds. The molecule has 2 rings (SSSR count). The predicted molar refractivity (Wildman–Crippen MR) is 84.0 cm³/mol. The zero-order valence-electron chi connectivity index (χ0n) is 12.0. The summed E-state index contributed by atoms with van der Waals surface area (Å²) in [5, 5.41) is 0. The highest BCUT2D eigenvalue weighted by atomic mass is 79.9. The Kier molecular flexibility index (Phi) is 5.83. The average Bonchev–Trinajstić information content (AvgIpc) is 2.49. The van der Waals surface area contributed by atoms with Gasteiger partial charge in [0.25, 0.3) is 0 Å². The molecule has 0 spiro atoms. The van der Waals surface area contributed by atoms with Crippen molar-refractivity contribution in [2.24, 2.45) is 0 Å². The molecule has 0 saturated heterocycles. The zero-order chi connectivity index (χ0) is 17.8. The van der Waals surface area contributed by atoms with Crippen LogP contribution in [0.4, 0.5) is 13.2 Å². The average molecular weight is 425 g/mol. The van der Waals surface area contributed by atoms with Crippen LogP contribution in [0.2, 0.25) is 0 Å². The van der Waals surface area contributed by atoms with E-state index in [9.17, 15) is 21.6 Å². The van der Waals surface area contributed by atoms with E-state index in [1.165, 1.54) is 12.1 Å². The molecule has 0 unspecified atom stereocenters. The number of aromatic nitrogens is 1. The first-order valence-corrected chi connectivity index (χ1v) is 8.89. The second kappa shape index (κ2) is 7.49. The molecule has 24 heavy (non-hydrogen) atoms. The molecule has 0 aliphatic rings. The molecule has 0 aliphatic carbocycles. The SMILES string of the molecule is O=S(=O)(NCCc1cccnc1)c1cccc(Br)c1OC(F)(F)F. The predicted octanol–water partition coefficient (Wildman–Crippen LogP) is 3.26. The fourth-order valence-corrected chi connectivity index (χ4v) is 3.63. The molecule has 2 aromatic rings. The number of rotatable bonds is 6. The maximum atomic E-state index is 12.5.